The number of pyridine rings is 1. The van der Waals surface area contributed by atoms with Gasteiger partial charge in [0.1, 0.15) is 11.5 Å². The van der Waals surface area contributed by atoms with E-state index in [0.29, 0.717) is 16.1 Å². The van der Waals surface area contributed by atoms with Gasteiger partial charge in [0.2, 0.25) is 5.91 Å². The van der Waals surface area contributed by atoms with Gasteiger partial charge in [-0.05, 0) is 69.2 Å². The number of nitrogens with two attached hydrogens (primary N) is 1. The Labute approximate surface area is 247 Å². The summed E-state index contributed by atoms with van der Waals surface area (Å²) in [4.78, 5) is 59.5. The zero-order valence-corrected chi connectivity index (χ0v) is 24.0. The fourth-order valence-corrected chi connectivity index (χ4v) is 5.43. The number of hydrogen-bond acceptors (Lipinski definition) is 8. The Morgan fingerprint density at radius 1 is 1.07 bits per heavy atom. The molecule has 16 heteroatoms. The maximum absolute atomic E-state index is 13.6. The molecule has 4 rings (SSSR count). The third-order valence-electron chi connectivity index (χ3n) is 7.12. The number of amides is 5. The van der Waals surface area contributed by atoms with Crippen molar-refractivity contribution in [3.63, 3.8) is 0 Å². The van der Waals surface area contributed by atoms with E-state index >= 15 is 0 Å². The van der Waals surface area contributed by atoms with E-state index in [2.05, 4.69) is 20.6 Å². The van der Waals surface area contributed by atoms with Crippen LogP contribution in [0.1, 0.15) is 52.4 Å². The first-order valence-corrected chi connectivity index (χ1v) is 13.7. The monoisotopic (exact) mass is 619 g/mol. The predicted octanol–water partition coefficient (Wildman–Crippen LogP) is 3.36. The highest BCUT2D eigenvalue weighted by Crippen LogP contribution is 2.41. The van der Waals surface area contributed by atoms with Crippen LogP contribution in [0.2, 0.25) is 0 Å². The van der Waals surface area contributed by atoms with Crippen LogP contribution in [0.5, 0.6) is 0 Å². The number of halogens is 3. The van der Waals surface area contributed by atoms with E-state index in [0.717, 1.165) is 25.2 Å². The number of benzene rings is 1. The molecule has 12 nitrogen and oxygen atoms in total. The number of primary amides is 1. The van der Waals surface area contributed by atoms with Gasteiger partial charge in [0.25, 0.3) is 11.8 Å². The van der Waals surface area contributed by atoms with Gasteiger partial charge in [0, 0.05) is 29.9 Å². The number of likely N-dealkylation sites (tertiary alicyclic amines) is 1. The summed E-state index contributed by atoms with van der Waals surface area (Å²) >= 11 is 1.04. The lowest BCUT2D eigenvalue weighted by Crippen LogP contribution is -2.46. The van der Waals surface area contributed by atoms with Crippen molar-refractivity contribution in [1.82, 2.24) is 25.7 Å². The quantitative estimate of drug-likeness (QED) is 0.199. The Bertz CT molecular complexity index is 1560. The molecule has 0 spiro atoms. The summed E-state index contributed by atoms with van der Waals surface area (Å²) in [6.45, 7) is 3.68. The molecule has 3 heterocycles. The number of carbonyl (C=O) groups is 4. The molecule has 0 radical (unpaired) electrons. The summed E-state index contributed by atoms with van der Waals surface area (Å²) in [6, 6.07) is 5.97. The fraction of sp³-hybridized carbons (Fsp3) is 0.333. The maximum Gasteiger partial charge on any atom is 0.399 e. The van der Waals surface area contributed by atoms with Crippen LogP contribution in [0, 0.1) is 6.92 Å². The average Bonchev–Trinajstić information content (AvgIpc) is 3.55. The number of hydrogen-bond donors (Lipinski definition) is 5. The molecule has 0 unspecified atom stereocenters. The van der Waals surface area contributed by atoms with Crippen molar-refractivity contribution in [1.29, 1.82) is 0 Å². The number of nitrogens with zero attached hydrogens (tertiary/aromatic N) is 3. The molecule has 3 aromatic rings. The number of aryl methyl sites for hydroxylation is 1. The van der Waals surface area contributed by atoms with E-state index in [4.69, 9.17) is 10.9 Å². The number of nitrogens with one attached hydrogen (secondary N) is 3. The lowest BCUT2D eigenvalue weighted by Gasteiger charge is -2.27. The van der Waals surface area contributed by atoms with Crippen LogP contribution in [0.25, 0.3) is 10.4 Å². The van der Waals surface area contributed by atoms with Crippen LogP contribution in [0.4, 0.5) is 23.1 Å². The van der Waals surface area contributed by atoms with Gasteiger partial charge in [-0.15, -0.1) is 0 Å². The van der Waals surface area contributed by atoms with Gasteiger partial charge >= 0.3 is 12.2 Å². The minimum absolute atomic E-state index is 0.0480. The summed E-state index contributed by atoms with van der Waals surface area (Å²) in [6.07, 6.45) is -3.18. The average molecular weight is 620 g/mol. The Balaban J connectivity index is 1.46. The molecule has 1 aromatic carbocycles. The van der Waals surface area contributed by atoms with E-state index in [1.165, 1.54) is 46.9 Å². The number of hydroxylamine groups is 1. The lowest BCUT2D eigenvalue weighted by atomic mass is 9.87. The van der Waals surface area contributed by atoms with E-state index < -0.39 is 47.4 Å². The molecule has 5 amide bonds. The Kier molecular flexibility index (Phi) is 8.73. The second kappa shape index (κ2) is 12.0. The van der Waals surface area contributed by atoms with Crippen LogP contribution in [0.15, 0.2) is 42.6 Å². The van der Waals surface area contributed by atoms with Crippen molar-refractivity contribution < 1.29 is 37.6 Å². The molecule has 1 saturated heterocycles. The molecule has 43 heavy (non-hydrogen) atoms. The molecular weight excluding hydrogens is 591 g/mol. The largest absolute Gasteiger partial charge is 0.399 e. The van der Waals surface area contributed by atoms with Crippen molar-refractivity contribution in [3.8, 4) is 10.4 Å². The second-order valence-electron chi connectivity index (χ2n) is 10.4. The van der Waals surface area contributed by atoms with Crippen LogP contribution in [-0.2, 0) is 10.2 Å². The van der Waals surface area contributed by atoms with Crippen LogP contribution in [-0.4, -0.2) is 68.6 Å². The summed E-state index contributed by atoms with van der Waals surface area (Å²) in [5.74, 6) is -2.04. The summed E-state index contributed by atoms with van der Waals surface area (Å²) in [5.41, 5.74) is 5.91. The molecule has 6 N–H and O–H groups in total. The molecule has 0 bridgehead atoms. The normalized spacial score (nSPS) is 17.0. The number of carbonyl (C=O) groups excluding carboxylic acids is 4. The van der Waals surface area contributed by atoms with Gasteiger partial charge in [-0.1, -0.05) is 11.3 Å². The molecule has 228 valence electrons. The molecule has 2 atom stereocenters. The van der Waals surface area contributed by atoms with Gasteiger partial charge in [0.15, 0.2) is 5.13 Å². The highest BCUT2D eigenvalue weighted by atomic mass is 32.1. The lowest BCUT2D eigenvalue weighted by molar-refractivity contribution is -0.181. The van der Waals surface area contributed by atoms with Crippen LogP contribution < -0.4 is 21.8 Å². The number of urea groups is 1. The molecule has 0 saturated carbocycles. The van der Waals surface area contributed by atoms with Gasteiger partial charge < -0.3 is 16.0 Å². The van der Waals surface area contributed by atoms with E-state index in [1.54, 1.807) is 13.0 Å². The van der Waals surface area contributed by atoms with E-state index in [9.17, 15) is 32.3 Å². The number of aromatic nitrogens is 2. The Morgan fingerprint density at radius 3 is 2.28 bits per heavy atom. The first-order valence-electron chi connectivity index (χ1n) is 12.9. The Hall–Kier alpha value is -4.57. The molecule has 1 fully saturated rings. The van der Waals surface area contributed by atoms with Crippen molar-refractivity contribution >= 4 is 40.2 Å². The molecular formula is C27H28F3N7O5S. The van der Waals surface area contributed by atoms with Crippen molar-refractivity contribution in [3.05, 3.63) is 65.1 Å². The van der Waals surface area contributed by atoms with Gasteiger partial charge in [-0.25, -0.2) is 15.3 Å². The van der Waals surface area contributed by atoms with Crippen LogP contribution >= 0.6 is 11.3 Å². The minimum atomic E-state index is -4.52. The van der Waals surface area contributed by atoms with Crippen molar-refractivity contribution in [2.75, 3.05) is 11.9 Å². The van der Waals surface area contributed by atoms with Gasteiger partial charge in [0.05, 0.1) is 16.3 Å². The SMILES string of the molecule is Cc1nc(NC(=O)N2C[C@H](NC(=O)c3ccc(C(=O)NO)cc3)C[C@H]2C(N)=O)sc1-c1ccnc(C(C)(C)C(F)(F)F)c1. The molecule has 1 aliphatic rings. The molecule has 1 aliphatic heterocycles. The zero-order valence-electron chi connectivity index (χ0n) is 23.2. The third-order valence-corrected chi connectivity index (χ3v) is 8.24. The summed E-state index contributed by atoms with van der Waals surface area (Å²) < 4.78 is 40.7. The number of rotatable bonds is 7. The smallest absolute Gasteiger partial charge is 0.368 e. The zero-order chi connectivity index (χ0) is 31.7. The molecule has 2 aromatic heterocycles. The van der Waals surface area contributed by atoms with Crippen molar-refractivity contribution in [2.24, 2.45) is 5.73 Å². The first-order chi connectivity index (χ1) is 20.1. The van der Waals surface area contributed by atoms with E-state index in [-0.39, 0.29) is 34.9 Å². The summed E-state index contributed by atoms with van der Waals surface area (Å²) in [7, 11) is 0. The topological polar surface area (TPSA) is 180 Å². The highest BCUT2D eigenvalue weighted by Gasteiger charge is 2.49. The summed E-state index contributed by atoms with van der Waals surface area (Å²) in [5, 5.41) is 14.2. The maximum atomic E-state index is 13.6. The number of thiazole rings is 1. The van der Waals surface area contributed by atoms with Crippen molar-refractivity contribution in [2.45, 2.75) is 50.9 Å². The molecule has 0 aliphatic carbocycles. The number of alkyl halides is 3. The first kappa shape index (κ1) is 31.4. The Morgan fingerprint density at radius 2 is 1.70 bits per heavy atom. The third kappa shape index (κ3) is 6.59. The van der Waals surface area contributed by atoms with Crippen LogP contribution in [0.3, 0.4) is 0 Å². The highest BCUT2D eigenvalue weighted by molar-refractivity contribution is 7.19. The van der Waals surface area contributed by atoms with Gasteiger partial charge in [-0.2, -0.15) is 13.2 Å². The minimum Gasteiger partial charge on any atom is -0.368 e. The standard InChI is InChI=1S/C27H28F3N7O5S/c1-13-20(16-8-9-32-19(10-16)26(2,3)27(28,29)30)43-24(33-13)35-25(41)37-12-17(11-18(37)21(31)38)34-22(39)14-4-6-15(7-5-14)23(40)36-42/h4-10,17-18,42H,11-12H2,1-3H3,(H2,31,38)(H,34,39)(H,36,40)(H,33,35,41)/t17-,18+/m1/s1. The fourth-order valence-electron chi connectivity index (χ4n) is 4.48. The number of anilines is 1. The predicted molar refractivity (Wildman–Crippen MR) is 149 cm³/mol. The second-order valence-corrected chi connectivity index (χ2v) is 11.4. The van der Waals surface area contributed by atoms with Gasteiger partial charge in [-0.3, -0.25) is 29.9 Å². The van der Waals surface area contributed by atoms with E-state index in [1.807, 2.05) is 0 Å².